The summed E-state index contributed by atoms with van der Waals surface area (Å²) in [7, 11) is 0. The van der Waals surface area contributed by atoms with Gasteiger partial charge in [-0.25, -0.2) is 9.78 Å². The van der Waals surface area contributed by atoms with Crippen LogP contribution in [0.1, 0.15) is 39.5 Å². The summed E-state index contributed by atoms with van der Waals surface area (Å²) in [5, 5.41) is 14.7. The van der Waals surface area contributed by atoms with Crippen molar-refractivity contribution in [3.05, 3.63) is 23.6 Å². The normalized spacial score (nSPS) is 24.6. The first kappa shape index (κ1) is 21.3. The van der Waals surface area contributed by atoms with Crippen molar-refractivity contribution in [2.45, 2.75) is 58.2 Å². The third-order valence-corrected chi connectivity index (χ3v) is 6.75. The zero-order valence-electron chi connectivity index (χ0n) is 18.6. The first-order chi connectivity index (χ1) is 15.4. The van der Waals surface area contributed by atoms with Gasteiger partial charge in [0, 0.05) is 37.9 Å². The van der Waals surface area contributed by atoms with Gasteiger partial charge in [0.1, 0.15) is 5.02 Å². The smallest absolute Gasteiger partial charge is 0.317 e. The number of halogens is 1. The molecule has 2 aromatic rings. The van der Waals surface area contributed by atoms with Crippen LogP contribution in [0, 0.1) is 17.8 Å². The molecule has 172 valence electrons. The van der Waals surface area contributed by atoms with Gasteiger partial charge in [0.2, 0.25) is 5.95 Å². The van der Waals surface area contributed by atoms with Crippen LogP contribution in [0.25, 0.3) is 0 Å². The molecule has 1 saturated heterocycles. The number of likely N-dealkylation sites (tertiary alicyclic amines) is 1. The Hall–Kier alpha value is -2.55. The maximum atomic E-state index is 12.3. The van der Waals surface area contributed by atoms with Gasteiger partial charge in [0.05, 0.1) is 18.1 Å². The topological polar surface area (TPSA) is 100 Å². The number of hydrogen-bond acceptors (Lipinski definition) is 6. The summed E-state index contributed by atoms with van der Waals surface area (Å²) >= 11 is 6.39. The first-order valence-electron chi connectivity index (χ1n) is 11.6. The van der Waals surface area contributed by atoms with Crippen molar-refractivity contribution in [3.63, 3.8) is 0 Å². The van der Waals surface area contributed by atoms with Gasteiger partial charge in [-0.05, 0) is 43.4 Å². The van der Waals surface area contributed by atoms with Gasteiger partial charge in [-0.2, -0.15) is 10.1 Å². The lowest BCUT2D eigenvalue weighted by molar-refractivity contribution is 0.204. The molecule has 2 aromatic heterocycles. The molecule has 3 N–H and O–H groups in total. The van der Waals surface area contributed by atoms with E-state index in [0.29, 0.717) is 46.6 Å². The lowest BCUT2D eigenvalue weighted by Gasteiger charge is -2.21. The number of rotatable bonds is 7. The van der Waals surface area contributed by atoms with E-state index in [4.69, 9.17) is 11.6 Å². The van der Waals surface area contributed by atoms with Gasteiger partial charge in [-0.15, -0.1) is 0 Å². The Balaban J connectivity index is 1.17. The lowest BCUT2D eigenvalue weighted by Crippen LogP contribution is -2.40. The van der Waals surface area contributed by atoms with E-state index < -0.39 is 0 Å². The molecule has 1 aliphatic heterocycles. The van der Waals surface area contributed by atoms with Crippen molar-refractivity contribution in [1.82, 2.24) is 30.0 Å². The van der Waals surface area contributed by atoms with Crippen molar-refractivity contribution in [3.8, 4) is 0 Å². The maximum absolute atomic E-state index is 12.3. The molecule has 10 heteroatoms. The van der Waals surface area contributed by atoms with Crippen LogP contribution in [0.5, 0.6) is 0 Å². The van der Waals surface area contributed by atoms with Crippen LogP contribution < -0.4 is 16.0 Å². The predicted molar refractivity (Wildman–Crippen MR) is 124 cm³/mol. The van der Waals surface area contributed by atoms with Crippen LogP contribution in [0.15, 0.2) is 18.6 Å². The molecule has 2 amide bonds. The van der Waals surface area contributed by atoms with E-state index in [2.05, 4.69) is 44.9 Å². The summed E-state index contributed by atoms with van der Waals surface area (Å²) in [6, 6.07) is 0.815. The van der Waals surface area contributed by atoms with Crippen LogP contribution in [0.4, 0.5) is 22.2 Å². The Kier molecular flexibility index (Phi) is 5.84. The number of nitrogens with one attached hydrogen (secondary N) is 3. The average molecular weight is 459 g/mol. The largest absolute Gasteiger partial charge is 0.366 e. The van der Waals surface area contributed by atoms with Gasteiger partial charge in [-0.1, -0.05) is 25.4 Å². The first-order valence-corrected chi connectivity index (χ1v) is 11.9. The molecule has 2 saturated carbocycles. The number of anilines is 3. The average Bonchev–Trinajstić information content (AvgIpc) is 3.11. The van der Waals surface area contributed by atoms with Crippen LogP contribution in [0.2, 0.25) is 5.02 Å². The Labute approximate surface area is 193 Å². The van der Waals surface area contributed by atoms with Crippen molar-refractivity contribution in [2.24, 2.45) is 17.8 Å². The fraction of sp³-hybridized carbons (Fsp3) is 0.636. The van der Waals surface area contributed by atoms with E-state index in [-0.39, 0.29) is 6.03 Å². The lowest BCUT2D eigenvalue weighted by atomic mass is 10.0. The van der Waals surface area contributed by atoms with Gasteiger partial charge >= 0.3 is 6.03 Å². The quantitative estimate of drug-likeness (QED) is 0.584. The van der Waals surface area contributed by atoms with E-state index in [0.717, 1.165) is 51.0 Å². The monoisotopic (exact) mass is 458 g/mol. The van der Waals surface area contributed by atoms with E-state index in [1.54, 1.807) is 12.4 Å². The third-order valence-electron chi connectivity index (χ3n) is 6.47. The van der Waals surface area contributed by atoms with Gasteiger partial charge < -0.3 is 20.9 Å². The minimum absolute atomic E-state index is 0.109. The number of urea groups is 1. The van der Waals surface area contributed by atoms with Crippen LogP contribution in [0.3, 0.4) is 0 Å². The summed E-state index contributed by atoms with van der Waals surface area (Å²) in [6.07, 6.45) is 9.62. The number of carbonyl (C=O) groups is 1. The highest BCUT2D eigenvalue weighted by molar-refractivity contribution is 6.32. The van der Waals surface area contributed by atoms with E-state index >= 15 is 0 Å². The molecule has 3 aliphatic rings. The Bertz CT molecular complexity index is 961. The molecule has 0 spiro atoms. The number of aromatic nitrogens is 4. The van der Waals surface area contributed by atoms with Crippen LogP contribution in [-0.2, 0) is 6.54 Å². The standard InChI is InChI=1S/C22H31ClN8O/c1-13(2)9-31-12-18(7-25-31)27-21-24-8-19(23)20(29-21)26-17-5-14-10-30(11-15(14)6-17)22(32)28-16-3-4-16/h7-8,12-17H,3-6,9-11H2,1-2H3,(H,28,32)(H2,24,26,27,29). The molecule has 0 radical (unpaired) electrons. The number of nitrogens with zero attached hydrogens (tertiary/aromatic N) is 5. The molecule has 2 aliphatic carbocycles. The number of hydrogen-bond donors (Lipinski definition) is 3. The fourth-order valence-corrected chi connectivity index (χ4v) is 4.98. The fourth-order valence-electron chi connectivity index (χ4n) is 4.83. The molecule has 0 bridgehead atoms. The second kappa shape index (κ2) is 8.77. The maximum Gasteiger partial charge on any atom is 0.317 e. The van der Waals surface area contributed by atoms with Crippen molar-refractivity contribution < 1.29 is 4.79 Å². The minimum Gasteiger partial charge on any atom is -0.366 e. The molecule has 9 nitrogen and oxygen atoms in total. The Morgan fingerprint density at radius 3 is 2.62 bits per heavy atom. The highest BCUT2D eigenvalue weighted by Gasteiger charge is 2.43. The summed E-state index contributed by atoms with van der Waals surface area (Å²) in [5.41, 5.74) is 0.846. The minimum atomic E-state index is 0.109. The molecule has 32 heavy (non-hydrogen) atoms. The second-order valence-electron chi connectivity index (χ2n) is 9.82. The summed E-state index contributed by atoms with van der Waals surface area (Å²) < 4.78 is 1.91. The molecule has 0 aromatic carbocycles. The predicted octanol–water partition coefficient (Wildman–Crippen LogP) is 3.72. The highest BCUT2D eigenvalue weighted by Crippen LogP contribution is 2.40. The summed E-state index contributed by atoms with van der Waals surface area (Å²) in [5.74, 6) is 2.72. The van der Waals surface area contributed by atoms with Crippen molar-refractivity contribution in [1.29, 1.82) is 0 Å². The zero-order chi connectivity index (χ0) is 22.2. The number of carbonyl (C=O) groups excluding carboxylic acids is 1. The number of amides is 2. The highest BCUT2D eigenvalue weighted by atomic mass is 35.5. The number of fused-ring (bicyclic) bond motifs is 1. The van der Waals surface area contributed by atoms with Crippen molar-refractivity contribution >= 4 is 35.1 Å². The van der Waals surface area contributed by atoms with Crippen LogP contribution in [-0.4, -0.2) is 55.9 Å². The van der Waals surface area contributed by atoms with Crippen LogP contribution >= 0.6 is 11.6 Å². The molecule has 3 fully saturated rings. The van der Waals surface area contributed by atoms with E-state index in [1.165, 1.54) is 0 Å². The molecule has 3 heterocycles. The SMILES string of the molecule is CC(C)Cn1cc(Nc2ncc(Cl)c(NC3CC4CN(C(=O)NC5CC5)CC4C3)n2)cn1. The van der Waals surface area contributed by atoms with Gasteiger partial charge in [0.15, 0.2) is 5.82 Å². The molecule has 5 rings (SSSR count). The van der Waals surface area contributed by atoms with Gasteiger partial charge in [-0.3, -0.25) is 4.68 Å². The molecular weight excluding hydrogens is 428 g/mol. The summed E-state index contributed by atoms with van der Waals surface area (Å²) in [4.78, 5) is 23.2. The van der Waals surface area contributed by atoms with E-state index in [1.807, 2.05) is 15.8 Å². The second-order valence-corrected chi connectivity index (χ2v) is 10.2. The molecular formula is C22H31ClN8O. The van der Waals surface area contributed by atoms with E-state index in [9.17, 15) is 4.79 Å². The van der Waals surface area contributed by atoms with Gasteiger partial charge in [0.25, 0.3) is 0 Å². The Morgan fingerprint density at radius 1 is 1.19 bits per heavy atom. The molecule has 2 atom stereocenters. The Morgan fingerprint density at radius 2 is 1.94 bits per heavy atom. The third kappa shape index (κ3) is 4.92. The zero-order valence-corrected chi connectivity index (χ0v) is 19.3. The van der Waals surface area contributed by atoms with Crippen molar-refractivity contribution in [2.75, 3.05) is 23.7 Å². The molecule has 2 unspecified atom stereocenters. The summed E-state index contributed by atoms with van der Waals surface area (Å²) in [6.45, 7) is 6.86.